The Morgan fingerprint density at radius 2 is 2.50 bits per heavy atom. The Labute approximate surface area is 74.8 Å². The summed E-state index contributed by atoms with van der Waals surface area (Å²) in [7, 11) is 0. The maximum absolute atomic E-state index is 11.2. The van der Waals surface area contributed by atoms with Gasteiger partial charge in [-0.05, 0) is 13.3 Å². The molecule has 0 bridgehead atoms. The van der Waals surface area contributed by atoms with Crippen molar-refractivity contribution in [3.8, 4) is 0 Å². The molecule has 2 heterocycles. The van der Waals surface area contributed by atoms with Crippen molar-refractivity contribution in [1.82, 2.24) is 9.55 Å². The van der Waals surface area contributed by atoms with Gasteiger partial charge in [0.1, 0.15) is 0 Å². The average molecular weight is 182 g/mol. The summed E-state index contributed by atoms with van der Waals surface area (Å²) in [6.45, 7) is 2.84. The molecule has 0 unspecified atom stereocenters. The van der Waals surface area contributed by atoms with Gasteiger partial charge < -0.3 is 4.57 Å². The zero-order valence-electron chi connectivity index (χ0n) is 6.91. The number of hydrogen-bond donors (Lipinski definition) is 0. The Balaban J connectivity index is 2.61. The summed E-state index contributed by atoms with van der Waals surface area (Å²) in [5, 5.41) is 1.10. The van der Waals surface area contributed by atoms with Crippen molar-refractivity contribution in [3.63, 3.8) is 0 Å². The van der Waals surface area contributed by atoms with E-state index >= 15 is 0 Å². The zero-order valence-corrected chi connectivity index (χ0v) is 7.73. The molecule has 0 aromatic carbocycles. The molecule has 0 radical (unpaired) electrons. The second-order valence-electron chi connectivity index (χ2n) is 2.88. The van der Waals surface area contributed by atoms with E-state index in [-0.39, 0.29) is 5.56 Å². The Hall–Kier alpha value is -0.770. The standard InChI is InChI=1S/C8H10N2OS/c1-6-7(11)9-5-10-3-2-4-12-8(6)10/h5H,2-4H2,1H3. The fourth-order valence-electron chi connectivity index (χ4n) is 1.33. The molecule has 1 aromatic rings. The van der Waals surface area contributed by atoms with Crippen LogP contribution in [0.5, 0.6) is 0 Å². The van der Waals surface area contributed by atoms with E-state index in [4.69, 9.17) is 0 Å². The quantitative estimate of drug-likeness (QED) is 0.562. The normalized spacial score (nSPS) is 15.8. The lowest BCUT2D eigenvalue weighted by molar-refractivity contribution is 0.587. The molecule has 64 valence electrons. The topological polar surface area (TPSA) is 34.9 Å². The van der Waals surface area contributed by atoms with E-state index in [0.29, 0.717) is 0 Å². The molecular weight excluding hydrogens is 172 g/mol. The Bertz CT molecular complexity index is 359. The molecule has 3 nitrogen and oxygen atoms in total. The van der Waals surface area contributed by atoms with E-state index in [0.717, 1.165) is 22.9 Å². The van der Waals surface area contributed by atoms with E-state index in [2.05, 4.69) is 9.55 Å². The van der Waals surface area contributed by atoms with E-state index in [1.54, 1.807) is 18.1 Å². The van der Waals surface area contributed by atoms with Crippen LogP contribution in [0, 0.1) is 6.92 Å². The summed E-state index contributed by atoms with van der Waals surface area (Å²) in [6, 6.07) is 0. The van der Waals surface area contributed by atoms with Gasteiger partial charge in [0.05, 0.1) is 11.4 Å². The van der Waals surface area contributed by atoms with Gasteiger partial charge in [-0.1, -0.05) is 0 Å². The van der Waals surface area contributed by atoms with Gasteiger partial charge >= 0.3 is 0 Å². The van der Waals surface area contributed by atoms with Crippen LogP contribution in [0.2, 0.25) is 0 Å². The van der Waals surface area contributed by atoms with E-state index in [9.17, 15) is 4.79 Å². The molecule has 2 rings (SSSR count). The molecule has 4 heteroatoms. The van der Waals surface area contributed by atoms with Gasteiger partial charge in [-0.15, -0.1) is 11.8 Å². The first-order valence-corrected chi connectivity index (χ1v) is 4.96. The highest BCUT2D eigenvalue weighted by atomic mass is 32.2. The summed E-state index contributed by atoms with van der Waals surface area (Å²) in [5.74, 6) is 1.12. The molecule has 0 fully saturated rings. The summed E-state index contributed by atoms with van der Waals surface area (Å²) < 4.78 is 2.06. The second-order valence-corrected chi connectivity index (χ2v) is 3.96. The van der Waals surface area contributed by atoms with Gasteiger partial charge in [0, 0.05) is 17.9 Å². The molecule has 0 saturated heterocycles. The summed E-state index contributed by atoms with van der Waals surface area (Å²) in [5.41, 5.74) is 0.706. The first kappa shape index (κ1) is 7.86. The van der Waals surface area contributed by atoms with E-state index in [1.807, 2.05) is 6.92 Å². The lowest BCUT2D eigenvalue weighted by atomic mass is 10.3. The molecule has 12 heavy (non-hydrogen) atoms. The predicted molar refractivity (Wildman–Crippen MR) is 48.6 cm³/mol. The lowest BCUT2D eigenvalue weighted by Gasteiger charge is -2.18. The highest BCUT2D eigenvalue weighted by Crippen LogP contribution is 2.24. The molecule has 1 aromatic heterocycles. The third-order valence-electron chi connectivity index (χ3n) is 2.00. The molecule has 1 aliphatic rings. The predicted octanol–water partition coefficient (Wildman–Crippen LogP) is 1.05. The summed E-state index contributed by atoms with van der Waals surface area (Å²) in [4.78, 5) is 14.9. The lowest BCUT2D eigenvalue weighted by Crippen LogP contribution is -2.19. The van der Waals surface area contributed by atoms with E-state index < -0.39 is 0 Å². The van der Waals surface area contributed by atoms with Crippen LogP contribution in [0.4, 0.5) is 0 Å². The Morgan fingerprint density at radius 1 is 1.67 bits per heavy atom. The van der Waals surface area contributed by atoms with Crippen LogP contribution in [0.25, 0.3) is 0 Å². The maximum atomic E-state index is 11.2. The fourth-order valence-corrected chi connectivity index (χ4v) is 2.41. The van der Waals surface area contributed by atoms with Gasteiger partial charge in [0.2, 0.25) is 0 Å². The van der Waals surface area contributed by atoms with Crippen LogP contribution >= 0.6 is 11.8 Å². The molecular formula is C8H10N2OS. The first-order chi connectivity index (χ1) is 5.79. The van der Waals surface area contributed by atoms with Gasteiger partial charge in [0.15, 0.2) is 0 Å². The van der Waals surface area contributed by atoms with Crippen LogP contribution in [0.3, 0.4) is 0 Å². The average Bonchev–Trinajstić information content (AvgIpc) is 2.12. The minimum atomic E-state index is -0.0874. The Kier molecular flexibility index (Phi) is 1.92. The van der Waals surface area contributed by atoms with Crippen molar-refractivity contribution >= 4 is 11.8 Å². The number of rotatable bonds is 0. The highest BCUT2D eigenvalue weighted by Gasteiger charge is 2.12. The van der Waals surface area contributed by atoms with Crippen molar-refractivity contribution < 1.29 is 0 Å². The van der Waals surface area contributed by atoms with Gasteiger partial charge in [-0.25, -0.2) is 0 Å². The smallest absolute Gasteiger partial charge is 0.276 e. The molecule has 0 amide bonds. The van der Waals surface area contributed by atoms with Gasteiger partial charge in [-0.3, -0.25) is 4.79 Å². The largest absolute Gasteiger partial charge is 0.327 e. The van der Waals surface area contributed by atoms with Crippen molar-refractivity contribution in [2.45, 2.75) is 24.9 Å². The number of fused-ring (bicyclic) bond motifs is 1. The van der Waals surface area contributed by atoms with E-state index in [1.165, 1.54) is 6.42 Å². The summed E-state index contributed by atoms with van der Waals surface area (Å²) >= 11 is 1.75. The van der Waals surface area contributed by atoms with Crippen LogP contribution in [-0.4, -0.2) is 15.3 Å². The molecule has 0 spiro atoms. The number of aryl methyl sites for hydroxylation is 1. The minimum absolute atomic E-state index is 0.0874. The highest BCUT2D eigenvalue weighted by molar-refractivity contribution is 7.99. The van der Waals surface area contributed by atoms with Gasteiger partial charge in [-0.2, -0.15) is 4.98 Å². The monoisotopic (exact) mass is 182 g/mol. The van der Waals surface area contributed by atoms with Crippen molar-refractivity contribution in [2.24, 2.45) is 0 Å². The minimum Gasteiger partial charge on any atom is -0.327 e. The first-order valence-electron chi connectivity index (χ1n) is 3.98. The molecule has 0 N–H and O–H groups in total. The molecule has 0 saturated carbocycles. The maximum Gasteiger partial charge on any atom is 0.276 e. The second kappa shape index (κ2) is 2.94. The van der Waals surface area contributed by atoms with Crippen molar-refractivity contribution in [2.75, 3.05) is 5.75 Å². The van der Waals surface area contributed by atoms with Crippen LogP contribution in [-0.2, 0) is 6.54 Å². The van der Waals surface area contributed by atoms with Crippen molar-refractivity contribution in [3.05, 3.63) is 22.2 Å². The Morgan fingerprint density at radius 3 is 3.33 bits per heavy atom. The third-order valence-corrected chi connectivity index (χ3v) is 3.31. The van der Waals surface area contributed by atoms with Crippen LogP contribution < -0.4 is 5.56 Å². The summed E-state index contributed by atoms with van der Waals surface area (Å²) in [6.07, 6.45) is 2.82. The SMILES string of the molecule is Cc1c2n(cnc1=O)CCCS2. The van der Waals surface area contributed by atoms with Crippen LogP contribution in [0.15, 0.2) is 16.1 Å². The molecule has 1 aliphatic heterocycles. The molecule has 0 aliphatic carbocycles. The fraction of sp³-hybridized carbons (Fsp3) is 0.500. The number of nitrogens with zero attached hydrogens (tertiary/aromatic N) is 2. The number of aromatic nitrogens is 2. The third kappa shape index (κ3) is 1.16. The zero-order chi connectivity index (χ0) is 8.55. The number of thioether (sulfide) groups is 1. The number of hydrogen-bond acceptors (Lipinski definition) is 3. The van der Waals surface area contributed by atoms with Gasteiger partial charge in [0.25, 0.3) is 5.56 Å². The molecule has 0 atom stereocenters. The van der Waals surface area contributed by atoms with Crippen molar-refractivity contribution in [1.29, 1.82) is 0 Å². The van der Waals surface area contributed by atoms with Crippen LogP contribution in [0.1, 0.15) is 12.0 Å².